The molecule has 2 unspecified atom stereocenters. The summed E-state index contributed by atoms with van der Waals surface area (Å²) in [6.45, 7) is 6.81. The number of hydrogen-bond acceptors (Lipinski definition) is 3. The Hall–Kier alpha value is -1.20. The van der Waals surface area contributed by atoms with Crippen molar-refractivity contribution < 1.29 is 18.3 Å². The number of carbonyl (C=O) groups is 1. The van der Waals surface area contributed by atoms with Crippen molar-refractivity contribution >= 4 is 17.6 Å². The number of nitrogens with two attached hydrogens (primary N) is 1. The lowest BCUT2D eigenvalue weighted by Gasteiger charge is -2.24. The van der Waals surface area contributed by atoms with E-state index in [1.165, 1.54) is 0 Å². The molecule has 0 heterocycles. The number of ether oxygens (including phenoxy) is 1. The Balaban J connectivity index is 2.84. The first-order valence-electron chi connectivity index (χ1n) is 6.64. The van der Waals surface area contributed by atoms with Crippen LogP contribution in [0.3, 0.4) is 0 Å². The number of rotatable bonds is 4. The minimum Gasteiger partial charge on any atom is -0.459 e. The molecular formula is C15H20ClF2NO2. The molecule has 21 heavy (non-hydrogen) atoms. The maximum Gasteiger partial charge on any atom is 0.323 e. The number of halogens is 3. The van der Waals surface area contributed by atoms with Gasteiger partial charge in [0.05, 0.1) is 5.02 Å². The highest BCUT2D eigenvalue weighted by Gasteiger charge is 2.26. The first kappa shape index (κ1) is 17.9. The van der Waals surface area contributed by atoms with Gasteiger partial charge in [0.1, 0.15) is 23.3 Å². The second-order valence-electron chi connectivity index (χ2n) is 6.03. The summed E-state index contributed by atoms with van der Waals surface area (Å²) in [5.41, 5.74) is 5.14. The monoisotopic (exact) mass is 319 g/mol. The van der Waals surface area contributed by atoms with E-state index in [9.17, 15) is 13.6 Å². The molecule has 118 valence electrons. The van der Waals surface area contributed by atoms with Crippen LogP contribution in [0.25, 0.3) is 0 Å². The van der Waals surface area contributed by atoms with Gasteiger partial charge < -0.3 is 10.5 Å². The van der Waals surface area contributed by atoms with E-state index in [1.54, 1.807) is 27.7 Å². The summed E-state index contributed by atoms with van der Waals surface area (Å²) in [7, 11) is 0. The van der Waals surface area contributed by atoms with Gasteiger partial charge >= 0.3 is 5.97 Å². The lowest BCUT2D eigenvalue weighted by Crippen LogP contribution is -2.38. The lowest BCUT2D eigenvalue weighted by atomic mass is 9.93. The highest BCUT2D eigenvalue weighted by atomic mass is 35.5. The smallest absolute Gasteiger partial charge is 0.323 e. The van der Waals surface area contributed by atoms with Gasteiger partial charge in [0, 0.05) is 5.56 Å². The van der Waals surface area contributed by atoms with Gasteiger partial charge in [-0.25, -0.2) is 8.78 Å². The van der Waals surface area contributed by atoms with Crippen molar-refractivity contribution in [1.82, 2.24) is 0 Å². The largest absolute Gasteiger partial charge is 0.459 e. The molecule has 1 aromatic rings. The van der Waals surface area contributed by atoms with Crippen LogP contribution in [-0.4, -0.2) is 17.6 Å². The van der Waals surface area contributed by atoms with E-state index in [1.807, 2.05) is 0 Å². The summed E-state index contributed by atoms with van der Waals surface area (Å²) in [5.74, 6) is -2.42. The van der Waals surface area contributed by atoms with Crippen molar-refractivity contribution in [2.24, 2.45) is 5.73 Å². The predicted molar refractivity (Wildman–Crippen MR) is 78.2 cm³/mol. The normalized spacial score (nSPS) is 14.7. The van der Waals surface area contributed by atoms with Crippen molar-refractivity contribution in [2.75, 3.05) is 0 Å². The number of esters is 1. The lowest BCUT2D eigenvalue weighted by molar-refractivity contribution is -0.156. The van der Waals surface area contributed by atoms with E-state index in [4.69, 9.17) is 22.1 Å². The van der Waals surface area contributed by atoms with Gasteiger partial charge in [-0.15, -0.1) is 0 Å². The molecule has 6 heteroatoms. The number of benzene rings is 1. The zero-order chi connectivity index (χ0) is 16.4. The third-order valence-corrected chi connectivity index (χ3v) is 3.27. The SMILES string of the molecule is CC(CC(N)C(=O)OC(C)(C)C)c1c(F)ccc(F)c1Cl. The molecule has 0 saturated carbocycles. The molecule has 1 rings (SSSR count). The fourth-order valence-electron chi connectivity index (χ4n) is 1.97. The minimum atomic E-state index is -0.932. The van der Waals surface area contributed by atoms with Crippen LogP contribution in [0.1, 0.15) is 45.6 Å². The first-order valence-corrected chi connectivity index (χ1v) is 7.02. The van der Waals surface area contributed by atoms with Crippen LogP contribution < -0.4 is 5.73 Å². The van der Waals surface area contributed by atoms with E-state index in [-0.39, 0.29) is 17.0 Å². The quantitative estimate of drug-likeness (QED) is 0.678. The molecule has 0 radical (unpaired) electrons. The molecular weight excluding hydrogens is 300 g/mol. The summed E-state index contributed by atoms with van der Waals surface area (Å²) < 4.78 is 32.4. The maximum absolute atomic E-state index is 13.8. The Morgan fingerprint density at radius 1 is 1.33 bits per heavy atom. The standard InChI is InChI=1S/C15H20ClF2NO2/c1-8(7-11(19)14(20)21-15(2,3)4)12-9(17)5-6-10(18)13(12)16/h5-6,8,11H,7,19H2,1-4H3. The van der Waals surface area contributed by atoms with Gasteiger partial charge in [0.2, 0.25) is 0 Å². The molecule has 3 nitrogen and oxygen atoms in total. The maximum atomic E-state index is 13.8. The average molecular weight is 320 g/mol. The molecule has 2 atom stereocenters. The van der Waals surface area contributed by atoms with Crippen LogP contribution in [0.2, 0.25) is 5.02 Å². The Bertz CT molecular complexity index is 529. The van der Waals surface area contributed by atoms with Gasteiger partial charge in [-0.05, 0) is 45.2 Å². The summed E-state index contributed by atoms with van der Waals surface area (Å²) in [4.78, 5) is 11.8. The number of carbonyl (C=O) groups excluding carboxylic acids is 1. The third kappa shape index (κ3) is 4.93. The summed E-state index contributed by atoms with van der Waals surface area (Å²) in [6.07, 6.45) is 0.106. The molecule has 0 aromatic heterocycles. The molecule has 0 saturated heterocycles. The average Bonchev–Trinajstić information content (AvgIpc) is 2.32. The van der Waals surface area contributed by atoms with Crippen molar-refractivity contribution in [3.8, 4) is 0 Å². The zero-order valence-electron chi connectivity index (χ0n) is 12.5. The van der Waals surface area contributed by atoms with Gasteiger partial charge in [0.15, 0.2) is 0 Å². The van der Waals surface area contributed by atoms with E-state index in [2.05, 4.69) is 0 Å². The molecule has 1 aromatic carbocycles. The number of hydrogen-bond donors (Lipinski definition) is 1. The highest BCUT2D eigenvalue weighted by Crippen LogP contribution is 2.32. The van der Waals surface area contributed by atoms with Crippen LogP contribution in [0, 0.1) is 11.6 Å². The predicted octanol–water partition coefficient (Wildman–Crippen LogP) is 3.78. The van der Waals surface area contributed by atoms with Crippen molar-refractivity contribution in [3.63, 3.8) is 0 Å². The zero-order valence-corrected chi connectivity index (χ0v) is 13.3. The summed E-state index contributed by atoms with van der Waals surface area (Å²) in [5, 5.41) is -0.279. The Morgan fingerprint density at radius 3 is 2.38 bits per heavy atom. The van der Waals surface area contributed by atoms with E-state index in [0.29, 0.717) is 0 Å². The summed E-state index contributed by atoms with van der Waals surface area (Å²) in [6, 6.07) is 1.03. The molecule has 0 fully saturated rings. The molecule has 0 bridgehead atoms. The van der Waals surface area contributed by atoms with E-state index < -0.39 is 35.2 Å². The van der Waals surface area contributed by atoms with Gasteiger partial charge in [-0.1, -0.05) is 18.5 Å². The molecule has 2 N–H and O–H groups in total. The fourth-order valence-corrected chi connectivity index (χ4v) is 2.31. The second-order valence-corrected chi connectivity index (χ2v) is 6.41. The highest BCUT2D eigenvalue weighted by molar-refractivity contribution is 6.31. The topological polar surface area (TPSA) is 52.3 Å². The molecule has 0 spiro atoms. The molecule has 0 aliphatic heterocycles. The molecule has 0 amide bonds. The van der Waals surface area contributed by atoms with Crippen LogP contribution in [0.5, 0.6) is 0 Å². The van der Waals surface area contributed by atoms with Gasteiger partial charge in [0.25, 0.3) is 0 Å². The second kappa shape index (κ2) is 6.71. The Labute approximate surface area is 128 Å². The Morgan fingerprint density at radius 2 is 1.86 bits per heavy atom. The van der Waals surface area contributed by atoms with Gasteiger partial charge in [-0.2, -0.15) is 0 Å². The van der Waals surface area contributed by atoms with E-state index in [0.717, 1.165) is 12.1 Å². The van der Waals surface area contributed by atoms with Crippen molar-refractivity contribution in [3.05, 3.63) is 34.4 Å². The molecule has 0 aliphatic carbocycles. The Kier molecular flexibility index (Phi) is 5.70. The van der Waals surface area contributed by atoms with Gasteiger partial charge in [-0.3, -0.25) is 4.79 Å². The van der Waals surface area contributed by atoms with Crippen LogP contribution in [-0.2, 0) is 9.53 Å². The first-order chi connectivity index (χ1) is 9.53. The third-order valence-electron chi connectivity index (χ3n) is 2.89. The fraction of sp³-hybridized carbons (Fsp3) is 0.533. The molecule has 0 aliphatic rings. The minimum absolute atomic E-state index is 0.0238. The van der Waals surface area contributed by atoms with Crippen LogP contribution >= 0.6 is 11.6 Å². The summed E-state index contributed by atoms with van der Waals surface area (Å²) >= 11 is 5.79. The van der Waals surface area contributed by atoms with Crippen LogP contribution in [0.15, 0.2) is 12.1 Å². The van der Waals surface area contributed by atoms with Crippen molar-refractivity contribution in [2.45, 2.75) is 51.7 Å². The van der Waals surface area contributed by atoms with E-state index >= 15 is 0 Å². The van der Waals surface area contributed by atoms with Crippen molar-refractivity contribution in [1.29, 1.82) is 0 Å². The van der Waals surface area contributed by atoms with Crippen LogP contribution in [0.4, 0.5) is 8.78 Å².